The van der Waals surface area contributed by atoms with Gasteiger partial charge < -0.3 is 28.8 Å². The molecule has 9 nitrogen and oxygen atoms in total. The zero-order valence-electron chi connectivity index (χ0n) is 32.1. The molecule has 0 amide bonds. The van der Waals surface area contributed by atoms with Crippen molar-refractivity contribution in [1.82, 2.24) is 0 Å². The molecule has 0 aliphatic heterocycles. The second-order valence-corrected chi connectivity index (χ2v) is 14.8. The molecule has 1 N–H and O–H groups in total. The third-order valence-electron chi connectivity index (χ3n) is 8.32. The van der Waals surface area contributed by atoms with E-state index < -0.39 is 23.4 Å². The van der Waals surface area contributed by atoms with Crippen LogP contribution in [0.3, 0.4) is 0 Å². The number of aliphatic hydroxyl groups excluding tert-OH is 1. The Kier molecular flexibility index (Phi) is 27.0. The van der Waals surface area contributed by atoms with Gasteiger partial charge in [0.2, 0.25) is 0 Å². The van der Waals surface area contributed by atoms with Gasteiger partial charge in [-0.25, -0.2) is 0 Å². The molecule has 2 atom stereocenters. The lowest BCUT2D eigenvalue weighted by molar-refractivity contribution is -0.188. The molecule has 48 heavy (non-hydrogen) atoms. The first-order chi connectivity index (χ1) is 22.8. The Bertz CT molecular complexity index is 830. The maximum absolute atomic E-state index is 12.9. The third kappa shape index (κ3) is 26.2. The molecule has 2 unspecified atom stereocenters. The van der Waals surface area contributed by atoms with Crippen LogP contribution in [-0.2, 0) is 38.1 Å². The van der Waals surface area contributed by atoms with Crippen molar-refractivity contribution in [2.24, 2.45) is 0 Å². The van der Waals surface area contributed by atoms with Crippen LogP contribution in [0.2, 0.25) is 0 Å². The normalized spacial score (nSPS) is 14.2. The minimum atomic E-state index is -1.23. The Morgan fingerprint density at radius 1 is 0.438 bits per heavy atom. The van der Waals surface area contributed by atoms with E-state index in [4.69, 9.17) is 23.7 Å². The summed E-state index contributed by atoms with van der Waals surface area (Å²) in [4.78, 5) is 37.8. The van der Waals surface area contributed by atoms with Gasteiger partial charge in [0.15, 0.2) is 11.2 Å². The summed E-state index contributed by atoms with van der Waals surface area (Å²) in [5, 5.41) is 10.0. The summed E-state index contributed by atoms with van der Waals surface area (Å²) in [6.07, 6.45) is 20.2. The number of rotatable bonds is 33. The maximum atomic E-state index is 12.9. The Labute approximate surface area is 293 Å². The summed E-state index contributed by atoms with van der Waals surface area (Å²) in [7, 11) is 0. The number of carbonyl (C=O) groups excluding carboxylic acids is 3. The van der Waals surface area contributed by atoms with Crippen molar-refractivity contribution >= 4 is 17.9 Å². The molecular weight excluding hydrogens is 612 g/mol. The van der Waals surface area contributed by atoms with E-state index in [1.165, 1.54) is 51.4 Å². The third-order valence-corrected chi connectivity index (χ3v) is 8.32. The number of ether oxygens (including phenoxy) is 5. The van der Waals surface area contributed by atoms with Gasteiger partial charge in [0.25, 0.3) is 0 Å². The first kappa shape index (κ1) is 46.3. The molecule has 0 spiro atoms. The molecule has 0 aromatic heterocycles. The van der Waals surface area contributed by atoms with Gasteiger partial charge in [0, 0.05) is 19.3 Å². The van der Waals surface area contributed by atoms with Crippen LogP contribution >= 0.6 is 0 Å². The minimum Gasteiger partial charge on any atom is -0.457 e. The van der Waals surface area contributed by atoms with E-state index in [1.54, 1.807) is 27.7 Å². The van der Waals surface area contributed by atoms with Crippen LogP contribution in [0.25, 0.3) is 0 Å². The number of aliphatic hydroxyl groups is 1. The number of carbonyl (C=O) groups is 3. The minimum absolute atomic E-state index is 0.0152. The molecule has 0 aliphatic carbocycles. The molecule has 0 rings (SSSR count). The highest BCUT2D eigenvalue weighted by Gasteiger charge is 2.35. The first-order valence-corrected chi connectivity index (χ1v) is 19.3. The fraction of sp³-hybridized carbons (Fsp3) is 0.923. The van der Waals surface area contributed by atoms with Crippen LogP contribution in [0.4, 0.5) is 0 Å². The van der Waals surface area contributed by atoms with Crippen molar-refractivity contribution in [3.63, 3.8) is 0 Å². The van der Waals surface area contributed by atoms with Crippen molar-refractivity contribution in [3.8, 4) is 0 Å². The molecule has 0 saturated carbocycles. The van der Waals surface area contributed by atoms with Gasteiger partial charge in [-0.3, -0.25) is 14.4 Å². The molecule has 0 aliphatic rings. The SMILES string of the molecule is CCCCCCCCC(=O)OC(C)(C)COCC(C)(COCC(C)(CO)OC(=O)CCCCCCCC)OC(=O)CCCCCCCC. The molecule has 0 aromatic rings. The Morgan fingerprint density at radius 3 is 1.15 bits per heavy atom. The summed E-state index contributed by atoms with van der Waals surface area (Å²) in [6.45, 7) is 13.1. The summed E-state index contributed by atoms with van der Waals surface area (Å²) in [6, 6.07) is 0. The van der Waals surface area contributed by atoms with E-state index >= 15 is 0 Å². The number of esters is 3. The highest BCUT2D eigenvalue weighted by Crippen LogP contribution is 2.21. The van der Waals surface area contributed by atoms with Gasteiger partial charge in [-0.05, 0) is 47.0 Å². The smallest absolute Gasteiger partial charge is 0.306 e. The van der Waals surface area contributed by atoms with E-state index in [9.17, 15) is 19.5 Å². The summed E-state index contributed by atoms with van der Waals surface area (Å²) in [5.41, 5.74) is -3.23. The Morgan fingerprint density at radius 2 is 0.750 bits per heavy atom. The fourth-order valence-corrected chi connectivity index (χ4v) is 5.39. The molecule has 0 radical (unpaired) electrons. The average Bonchev–Trinajstić information content (AvgIpc) is 3.01. The zero-order valence-corrected chi connectivity index (χ0v) is 32.1. The van der Waals surface area contributed by atoms with Gasteiger partial charge >= 0.3 is 17.9 Å². The molecule has 0 aromatic carbocycles. The van der Waals surface area contributed by atoms with Gasteiger partial charge in [-0.15, -0.1) is 0 Å². The van der Waals surface area contributed by atoms with Crippen molar-refractivity contribution in [2.45, 2.75) is 200 Å². The summed E-state index contributed by atoms with van der Waals surface area (Å²) < 4.78 is 29.2. The average molecular weight is 687 g/mol. The second-order valence-electron chi connectivity index (χ2n) is 14.8. The first-order valence-electron chi connectivity index (χ1n) is 19.3. The van der Waals surface area contributed by atoms with E-state index in [2.05, 4.69) is 20.8 Å². The van der Waals surface area contributed by atoms with Crippen LogP contribution in [0.5, 0.6) is 0 Å². The lowest BCUT2D eigenvalue weighted by atomic mass is 10.1. The van der Waals surface area contributed by atoms with Crippen molar-refractivity contribution in [1.29, 1.82) is 0 Å². The predicted molar refractivity (Wildman–Crippen MR) is 192 cm³/mol. The summed E-state index contributed by atoms with van der Waals surface area (Å²) in [5.74, 6) is -0.944. The number of unbranched alkanes of at least 4 members (excludes halogenated alkanes) is 15. The lowest BCUT2D eigenvalue weighted by Gasteiger charge is -2.33. The molecule has 284 valence electrons. The van der Waals surface area contributed by atoms with Gasteiger partial charge in [0.05, 0.1) is 33.0 Å². The lowest BCUT2D eigenvalue weighted by Crippen LogP contribution is -2.46. The van der Waals surface area contributed by atoms with Crippen LogP contribution in [0.15, 0.2) is 0 Å². The molecule has 9 heteroatoms. The monoisotopic (exact) mass is 687 g/mol. The largest absolute Gasteiger partial charge is 0.457 e. The Balaban J connectivity index is 5.06. The molecule has 0 saturated heterocycles. The van der Waals surface area contributed by atoms with Crippen molar-refractivity contribution < 1.29 is 43.2 Å². The van der Waals surface area contributed by atoms with Crippen LogP contribution < -0.4 is 0 Å². The molecule has 0 fully saturated rings. The fourth-order valence-electron chi connectivity index (χ4n) is 5.39. The van der Waals surface area contributed by atoms with E-state index in [0.717, 1.165) is 64.2 Å². The van der Waals surface area contributed by atoms with E-state index in [-0.39, 0.29) is 44.3 Å². The number of hydrogen-bond donors (Lipinski definition) is 1. The van der Waals surface area contributed by atoms with E-state index in [0.29, 0.717) is 19.3 Å². The summed E-state index contributed by atoms with van der Waals surface area (Å²) >= 11 is 0. The Hall–Kier alpha value is -1.71. The molecule has 0 bridgehead atoms. The van der Waals surface area contributed by atoms with Crippen molar-refractivity contribution in [3.05, 3.63) is 0 Å². The van der Waals surface area contributed by atoms with Gasteiger partial charge in [-0.2, -0.15) is 0 Å². The molecular formula is C39H74O9. The standard InChI is InChI=1S/C39H74O9/c1-8-11-14-17-20-23-26-34(41)46-37(4,5)30-44-32-39(7,48-36(43)28-25-22-19-16-13-10-3)33-45-31-38(6,29-40)47-35(42)27-24-21-18-15-12-9-2/h40H,8-33H2,1-7H3. The van der Waals surface area contributed by atoms with Gasteiger partial charge in [-0.1, -0.05) is 117 Å². The molecule has 0 heterocycles. The van der Waals surface area contributed by atoms with Crippen LogP contribution in [0, 0.1) is 0 Å². The topological polar surface area (TPSA) is 118 Å². The zero-order chi connectivity index (χ0) is 36.2. The van der Waals surface area contributed by atoms with Crippen LogP contribution in [0.1, 0.15) is 183 Å². The number of hydrogen-bond acceptors (Lipinski definition) is 9. The van der Waals surface area contributed by atoms with Crippen LogP contribution in [-0.4, -0.2) is 72.9 Å². The second kappa shape index (κ2) is 28.0. The van der Waals surface area contributed by atoms with Gasteiger partial charge in [0.1, 0.15) is 5.60 Å². The van der Waals surface area contributed by atoms with E-state index in [1.807, 2.05) is 0 Å². The quantitative estimate of drug-likeness (QED) is 0.0410. The predicted octanol–water partition coefficient (Wildman–Crippen LogP) is 9.19. The highest BCUT2D eigenvalue weighted by molar-refractivity contribution is 5.70. The highest BCUT2D eigenvalue weighted by atomic mass is 16.6. The maximum Gasteiger partial charge on any atom is 0.306 e. The van der Waals surface area contributed by atoms with Crippen molar-refractivity contribution in [2.75, 3.05) is 33.0 Å².